The highest BCUT2D eigenvalue weighted by molar-refractivity contribution is 5.99. The normalized spacial score (nSPS) is 11.0. The molecule has 0 spiro atoms. The van der Waals surface area contributed by atoms with E-state index in [9.17, 15) is 9.59 Å². The molecule has 0 bridgehead atoms. The second-order valence-electron chi connectivity index (χ2n) is 4.93. The Morgan fingerprint density at radius 2 is 1.89 bits per heavy atom. The molecule has 0 heterocycles. The maximum absolute atomic E-state index is 12.4. The smallest absolute Gasteiger partial charge is 0.329 e. The van der Waals surface area contributed by atoms with Crippen molar-refractivity contribution in [3.05, 3.63) is 29.3 Å². The van der Waals surface area contributed by atoms with E-state index in [1.165, 1.54) is 32.9 Å². The summed E-state index contributed by atoms with van der Waals surface area (Å²) in [5.41, 5.74) is 0.0333. The lowest BCUT2D eigenvalue weighted by Gasteiger charge is -2.31. The number of ether oxygens (including phenoxy) is 1. The van der Waals surface area contributed by atoms with E-state index in [1.54, 1.807) is 18.2 Å². The molecule has 0 saturated carbocycles. The van der Waals surface area contributed by atoms with Crippen LogP contribution in [0.15, 0.2) is 18.2 Å². The van der Waals surface area contributed by atoms with E-state index in [0.29, 0.717) is 11.3 Å². The number of aliphatic carboxylic acids is 1. The van der Waals surface area contributed by atoms with Gasteiger partial charge in [-0.2, -0.15) is 0 Å². The standard InChI is InChI=1S/C14H19NO4/c1-9-6-7-10(11(8-9)19-5)12(16)15(4)14(2,3)13(17)18/h6-8H,1-5H3,(H,17,18). The van der Waals surface area contributed by atoms with Gasteiger partial charge in [0.05, 0.1) is 12.7 Å². The largest absolute Gasteiger partial charge is 0.496 e. The number of rotatable bonds is 4. The van der Waals surface area contributed by atoms with Gasteiger partial charge in [0.25, 0.3) is 5.91 Å². The molecule has 0 aromatic heterocycles. The SMILES string of the molecule is COc1cc(C)ccc1C(=O)N(C)C(C)(C)C(=O)O. The number of likely N-dealkylation sites (N-methyl/N-ethyl adjacent to an activating group) is 1. The number of nitrogens with zero attached hydrogens (tertiary/aromatic N) is 1. The average molecular weight is 265 g/mol. The van der Waals surface area contributed by atoms with Crippen LogP contribution in [0.25, 0.3) is 0 Å². The number of carboxylic acid groups (broad SMARTS) is 1. The van der Waals surface area contributed by atoms with Gasteiger partial charge in [-0.1, -0.05) is 6.07 Å². The number of methoxy groups -OCH3 is 1. The van der Waals surface area contributed by atoms with Crippen molar-refractivity contribution >= 4 is 11.9 Å². The van der Waals surface area contributed by atoms with Crippen LogP contribution in [0.1, 0.15) is 29.8 Å². The van der Waals surface area contributed by atoms with Gasteiger partial charge in [-0.15, -0.1) is 0 Å². The van der Waals surface area contributed by atoms with Gasteiger partial charge in [0.1, 0.15) is 11.3 Å². The molecule has 0 fully saturated rings. The molecule has 0 aliphatic rings. The molecule has 0 aliphatic heterocycles. The molecule has 104 valence electrons. The summed E-state index contributed by atoms with van der Waals surface area (Å²) < 4.78 is 5.18. The first-order valence-corrected chi connectivity index (χ1v) is 5.88. The van der Waals surface area contributed by atoms with E-state index >= 15 is 0 Å². The minimum absolute atomic E-state index is 0.352. The molecule has 19 heavy (non-hydrogen) atoms. The van der Waals surface area contributed by atoms with E-state index in [1.807, 2.05) is 6.92 Å². The van der Waals surface area contributed by atoms with Gasteiger partial charge in [0.2, 0.25) is 0 Å². The Labute approximate surface area is 112 Å². The van der Waals surface area contributed by atoms with Gasteiger partial charge in [-0.3, -0.25) is 4.79 Å². The monoisotopic (exact) mass is 265 g/mol. The summed E-state index contributed by atoms with van der Waals surface area (Å²) in [7, 11) is 2.95. The third-order valence-electron chi connectivity index (χ3n) is 3.25. The summed E-state index contributed by atoms with van der Waals surface area (Å²) in [6.07, 6.45) is 0. The first-order valence-electron chi connectivity index (χ1n) is 5.88. The quantitative estimate of drug-likeness (QED) is 0.903. The van der Waals surface area contributed by atoms with E-state index in [-0.39, 0.29) is 5.91 Å². The number of amides is 1. The topological polar surface area (TPSA) is 66.8 Å². The third-order valence-corrected chi connectivity index (χ3v) is 3.25. The van der Waals surface area contributed by atoms with Crippen LogP contribution in [0.3, 0.4) is 0 Å². The van der Waals surface area contributed by atoms with E-state index in [0.717, 1.165) is 5.56 Å². The summed E-state index contributed by atoms with van der Waals surface area (Å²) in [4.78, 5) is 24.7. The lowest BCUT2D eigenvalue weighted by molar-refractivity contribution is -0.147. The molecule has 0 saturated heterocycles. The molecule has 0 unspecified atom stereocenters. The van der Waals surface area contributed by atoms with E-state index < -0.39 is 11.5 Å². The number of aryl methyl sites for hydroxylation is 1. The van der Waals surface area contributed by atoms with Gasteiger partial charge in [0.15, 0.2) is 0 Å². The summed E-state index contributed by atoms with van der Waals surface area (Å²) >= 11 is 0. The Balaban J connectivity index is 3.17. The van der Waals surface area contributed by atoms with Crippen LogP contribution in [0.4, 0.5) is 0 Å². The summed E-state index contributed by atoms with van der Waals surface area (Å²) in [5, 5.41) is 9.15. The fourth-order valence-electron chi connectivity index (χ4n) is 1.55. The van der Waals surface area contributed by atoms with Crippen molar-refractivity contribution in [3.63, 3.8) is 0 Å². The predicted octanol–water partition coefficient (Wildman–Crippen LogP) is 1.94. The zero-order valence-electron chi connectivity index (χ0n) is 11.9. The number of carbonyl (C=O) groups excluding carboxylic acids is 1. The van der Waals surface area contributed by atoms with Crippen LogP contribution in [0.2, 0.25) is 0 Å². The third kappa shape index (κ3) is 2.86. The molecule has 0 radical (unpaired) electrons. The van der Waals surface area contributed by atoms with Crippen LogP contribution in [-0.2, 0) is 4.79 Å². The van der Waals surface area contributed by atoms with Crippen molar-refractivity contribution in [1.82, 2.24) is 4.90 Å². The van der Waals surface area contributed by atoms with Crippen LogP contribution in [0, 0.1) is 6.92 Å². The van der Waals surface area contributed by atoms with Crippen molar-refractivity contribution in [1.29, 1.82) is 0 Å². The lowest BCUT2D eigenvalue weighted by atomic mass is 10.0. The van der Waals surface area contributed by atoms with Crippen molar-refractivity contribution in [2.45, 2.75) is 26.3 Å². The van der Waals surface area contributed by atoms with E-state index in [4.69, 9.17) is 9.84 Å². The first-order chi connectivity index (χ1) is 8.71. The highest BCUT2D eigenvalue weighted by atomic mass is 16.5. The van der Waals surface area contributed by atoms with Gasteiger partial charge >= 0.3 is 5.97 Å². The fraction of sp³-hybridized carbons (Fsp3) is 0.429. The number of benzene rings is 1. The van der Waals surface area contributed by atoms with Gasteiger partial charge in [-0.25, -0.2) is 4.79 Å². The van der Waals surface area contributed by atoms with Crippen molar-refractivity contribution < 1.29 is 19.4 Å². The Bertz CT molecular complexity index is 508. The van der Waals surface area contributed by atoms with Gasteiger partial charge in [0, 0.05) is 7.05 Å². The molecule has 1 aromatic carbocycles. The highest BCUT2D eigenvalue weighted by Gasteiger charge is 2.36. The molecule has 1 N–H and O–H groups in total. The first kappa shape index (κ1) is 15.0. The molecular formula is C14H19NO4. The molecule has 0 aliphatic carbocycles. The highest BCUT2D eigenvalue weighted by Crippen LogP contribution is 2.24. The minimum Gasteiger partial charge on any atom is -0.496 e. The van der Waals surface area contributed by atoms with Crippen LogP contribution in [0.5, 0.6) is 5.75 Å². The van der Waals surface area contributed by atoms with Crippen molar-refractivity contribution in [2.75, 3.05) is 14.2 Å². The Morgan fingerprint density at radius 3 is 2.37 bits per heavy atom. The molecule has 1 aromatic rings. The maximum atomic E-state index is 12.4. The summed E-state index contributed by atoms with van der Waals surface area (Å²) in [6.45, 7) is 4.85. The number of carboxylic acids is 1. The van der Waals surface area contributed by atoms with Crippen LogP contribution >= 0.6 is 0 Å². The second-order valence-corrected chi connectivity index (χ2v) is 4.93. The van der Waals surface area contributed by atoms with Crippen LogP contribution < -0.4 is 4.74 Å². The molecule has 5 heteroatoms. The zero-order chi connectivity index (χ0) is 14.8. The van der Waals surface area contributed by atoms with E-state index in [2.05, 4.69) is 0 Å². The predicted molar refractivity (Wildman–Crippen MR) is 71.5 cm³/mol. The number of hydrogen-bond acceptors (Lipinski definition) is 3. The Hall–Kier alpha value is -2.04. The number of hydrogen-bond donors (Lipinski definition) is 1. The average Bonchev–Trinajstić information content (AvgIpc) is 2.36. The van der Waals surface area contributed by atoms with Gasteiger partial charge in [-0.05, 0) is 38.5 Å². The van der Waals surface area contributed by atoms with Crippen LogP contribution in [-0.4, -0.2) is 41.6 Å². The molecule has 1 amide bonds. The molecular weight excluding hydrogens is 246 g/mol. The van der Waals surface area contributed by atoms with Crippen molar-refractivity contribution in [2.24, 2.45) is 0 Å². The molecule has 5 nitrogen and oxygen atoms in total. The van der Waals surface area contributed by atoms with Gasteiger partial charge < -0.3 is 14.7 Å². The number of carbonyl (C=O) groups is 2. The summed E-state index contributed by atoms with van der Waals surface area (Å²) in [5.74, 6) is -1.00. The lowest BCUT2D eigenvalue weighted by Crippen LogP contribution is -2.50. The maximum Gasteiger partial charge on any atom is 0.329 e. The summed E-state index contributed by atoms with van der Waals surface area (Å²) in [6, 6.07) is 5.18. The molecule has 1 rings (SSSR count). The Morgan fingerprint density at radius 1 is 1.32 bits per heavy atom. The zero-order valence-corrected chi connectivity index (χ0v) is 11.9. The Kier molecular flexibility index (Phi) is 4.19. The van der Waals surface area contributed by atoms with Crippen molar-refractivity contribution in [3.8, 4) is 5.75 Å². The second kappa shape index (κ2) is 5.30. The minimum atomic E-state index is -1.28. The fourth-order valence-corrected chi connectivity index (χ4v) is 1.55. The molecule has 0 atom stereocenters.